The first kappa shape index (κ1) is 15.4. The van der Waals surface area contributed by atoms with Gasteiger partial charge in [-0.15, -0.1) is 0 Å². The van der Waals surface area contributed by atoms with Crippen molar-refractivity contribution in [1.82, 2.24) is 15.3 Å². The van der Waals surface area contributed by atoms with Crippen molar-refractivity contribution in [3.05, 3.63) is 47.8 Å². The topological polar surface area (TPSA) is 47.0 Å². The zero-order valence-electron chi connectivity index (χ0n) is 13.0. The zero-order chi connectivity index (χ0) is 15.1. The molecule has 0 radical (unpaired) electrons. The van der Waals surface area contributed by atoms with Crippen molar-refractivity contribution in [1.29, 1.82) is 0 Å². The first-order chi connectivity index (χ1) is 10.2. The normalized spacial score (nSPS) is 12.1. The number of ether oxygens (including phenoxy) is 1. The third kappa shape index (κ3) is 4.26. The Bertz CT molecular complexity index is 554. The molecule has 0 spiro atoms. The number of nitrogens with one attached hydrogen (secondary N) is 1. The van der Waals surface area contributed by atoms with Crippen molar-refractivity contribution in [2.45, 2.75) is 39.7 Å². The highest BCUT2D eigenvalue weighted by Crippen LogP contribution is 2.30. The van der Waals surface area contributed by atoms with Crippen LogP contribution in [0.3, 0.4) is 0 Å². The largest absolute Gasteiger partial charge is 0.424 e. The van der Waals surface area contributed by atoms with Gasteiger partial charge in [0.05, 0.1) is 0 Å². The Balaban J connectivity index is 2.11. The summed E-state index contributed by atoms with van der Waals surface area (Å²) in [6.07, 6.45) is 4.68. The van der Waals surface area contributed by atoms with Crippen molar-refractivity contribution < 1.29 is 4.74 Å². The van der Waals surface area contributed by atoms with Gasteiger partial charge in [-0.3, -0.25) is 0 Å². The second kappa shape index (κ2) is 7.74. The monoisotopic (exact) mass is 285 g/mol. The third-order valence-electron chi connectivity index (χ3n) is 3.52. The smallest absolute Gasteiger partial charge is 0.321 e. The van der Waals surface area contributed by atoms with Crippen LogP contribution in [0.4, 0.5) is 0 Å². The van der Waals surface area contributed by atoms with E-state index >= 15 is 0 Å². The maximum Gasteiger partial charge on any atom is 0.321 e. The quantitative estimate of drug-likeness (QED) is 0.838. The highest BCUT2D eigenvalue weighted by molar-refractivity contribution is 5.37. The molecule has 2 aromatic rings. The Kier molecular flexibility index (Phi) is 5.69. The Hall–Kier alpha value is -1.94. The van der Waals surface area contributed by atoms with Gasteiger partial charge in [-0.2, -0.15) is 0 Å². The van der Waals surface area contributed by atoms with Crippen molar-refractivity contribution in [2.75, 3.05) is 6.54 Å². The number of hydrogen-bond donors (Lipinski definition) is 1. The van der Waals surface area contributed by atoms with Crippen molar-refractivity contribution in [3.8, 4) is 11.8 Å². The van der Waals surface area contributed by atoms with E-state index in [4.69, 9.17) is 4.74 Å². The average molecular weight is 285 g/mol. The summed E-state index contributed by atoms with van der Waals surface area (Å²) in [6.45, 7) is 8.15. The standard InChI is InChI=1S/C17H23N3O/c1-4-13(3)15-8-6-7-9-16(15)21-17-19-11-14(12-20-17)10-18-5-2/h6-9,11-13,18H,4-5,10H2,1-3H3. The van der Waals surface area contributed by atoms with Gasteiger partial charge in [-0.05, 0) is 30.5 Å². The lowest BCUT2D eigenvalue weighted by molar-refractivity contribution is 0.431. The van der Waals surface area contributed by atoms with E-state index in [1.54, 1.807) is 12.4 Å². The van der Waals surface area contributed by atoms with E-state index in [9.17, 15) is 0 Å². The Morgan fingerprint density at radius 1 is 1.14 bits per heavy atom. The van der Waals surface area contributed by atoms with Crippen LogP contribution in [0.25, 0.3) is 0 Å². The molecule has 2 rings (SSSR count). The number of aromatic nitrogens is 2. The lowest BCUT2D eigenvalue weighted by Crippen LogP contribution is -2.12. The van der Waals surface area contributed by atoms with E-state index in [2.05, 4.69) is 42.1 Å². The molecular weight excluding hydrogens is 262 g/mol. The van der Waals surface area contributed by atoms with E-state index in [0.717, 1.165) is 30.8 Å². The molecule has 0 saturated carbocycles. The van der Waals surface area contributed by atoms with Gasteiger partial charge in [0.1, 0.15) is 5.75 Å². The first-order valence-corrected chi connectivity index (χ1v) is 7.53. The number of para-hydroxylation sites is 1. The van der Waals surface area contributed by atoms with E-state index in [1.165, 1.54) is 5.56 Å². The number of rotatable bonds is 7. The zero-order valence-corrected chi connectivity index (χ0v) is 13.0. The SMILES string of the molecule is CCNCc1cnc(Oc2ccccc2C(C)CC)nc1. The minimum absolute atomic E-state index is 0.394. The summed E-state index contributed by atoms with van der Waals surface area (Å²) in [5.74, 6) is 1.29. The molecule has 4 heteroatoms. The summed E-state index contributed by atoms with van der Waals surface area (Å²) >= 11 is 0. The lowest BCUT2D eigenvalue weighted by Gasteiger charge is -2.14. The van der Waals surface area contributed by atoms with Crippen LogP contribution in [0.1, 0.15) is 44.2 Å². The molecule has 0 aliphatic carbocycles. The predicted molar refractivity (Wildman–Crippen MR) is 84.6 cm³/mol. The minimum Gasteiger partial charge on any atom is -0.424 e. The summed E-state index contributed by atoms with van der Waals surface area (Å²) in [4.78, 5) is 8.56. The summed E-state index contributed by atoms with van der Waals surface area (Å²) in [5.41, 5.74) is 2.25. The molecule has 4 nitrogen and oxygen atoms in total. The van der Waals surface area contributed by atoms with Gasteiger partial charge in [0.15, 0.2) is 0 Å². The van der Waals surface area contributed by atoms with E-state index in [0.29, 0.717) is 11.9 Å². The molecule has 0 aliphatic heterocycles. The molecule has 1 heterocycles. The van der Waals surface area contributed by atoms with Gasteiger partial charge >= 0.3 is 6.01 Å². The van der Waals surface area contributed by atoms with E-state index in [-0.39, 0.29) is 0 Å². The molecule has 1 unspecified atom stereocenters. The summed E-state index contributed by atoms with van der Waals surface area (Å²) in [5, 5.41) is 3.24. The fourth-order valence-corrected chi connectivity index (χ4v) is 2.06. The maximum absolute atomic E-state index is 5.85. The van der Waals surface area contributed by atoms with Crippen molar-refractivity contribution >= 4 is 0 Å². The van der Waals surface area contributed by atoms with E-state index in [1.807, 2.05) is 18.2 Å². The highest BCUT2D eigenvalue weighted by Gasteiger charge is 2.11. The van der Waals surface area contributed by atoms with Crippen LogP contribution in [0, 0.1) is 0 Å². The molecule has 0 aliphatic rings. The first-order valence-electron chi connectivity index (χ1n) is 7.53. The molecule has 1 aromatic heterocycles. The maximum atomic E-state index is 5.85. The molecule has 0 fully saturated rings. The van der Waals surface area contributed by atoms with Gasteiger partial charge in [0, 0.05) is 24.5 Å². The summed E-state index contributed by atoms with van der Waals surface area (Å²) in [7, 11) is 0. The minimum atomic E-state index is 0.394. The van der Waals surface area contributed by atoms with Crippen LogP contribution in [0.2, 0.25) is 0 Å². The molecule has 21 heavy (non-hydrogen) atoms. The highest BCUT2D eigenvalue weighted by atomic mass is 16.5. The fraction of sp³-hybridized carbons (Fsp3) is 0.412. The van der Waals surface area contributed by atoms with Crippen LogP contribution in [0.15, 0.2) is 36.7 Å². The van der Waals surface area contributed by atoms with Crippen LogP contribution in [-0.2, 0) is 6.54 Å². The second-order valence-electron chi connectivity index (χ2n) is 5.10. The molecule has 0 amide bonds. The average Bonchev–Trinajstić information content (AvgIpc) is 2.54. The van der Waals surface area contributed by atoms with Crippen LogP contribution >= 0.6 is 0 Å². The Labute approximate surface area is 126 Å². The molecule has 1 N–H and O–H groups in total. The fourth-order valence-electron chi connectivity index (χ4n) is 2.06. The summed E-state index contributed by atoms with van der Waals surface area (Å²) in [6, 6.07) is 8.47. The second-order valence-corrected chi connectivity index (χ2v) is 5.10. The van der Waals surface area contributed by atoms with Gasteiger partial charge in [0.25, 0.3) is 0 Å². The molecular formula is C17H23N3O. The Morgan fingerprint density at radius 2 is 1.86 bits per heavy atom. The lowest BCUT2D eigenvalue weighted by atomic mass is 9.98. The summed E-state index contributed by atoms with van der Waals surface area (Å²) < 4.78 is 5.85. The number of nitrogens with zero attached hydrogens (tertiary/aromatic N) is 2. The Morgan fingerprint density at radius 3 is 2.52 bits per heavy atom. The van der Waals surface area contributed by atoms with Crippen LogP contribution in [-0.4, -0.2) is 16.5 Å². The number of hydrogen-bond acceptors (Lipinski definition) is 4. The van der Waals surface area contributed by atoms with Gasteiger partial charge in [-0.25, -0.2) is 9.97 Å². The third-order valence-corrected chi connectivity index (χ3v) is 3.52. The molecule has 0 saturated heterocycles. The molecule has 112 valence electrons. The molecule has 1 atom stereocenters. The van der Waals surface area contributed by atoms with Gasteiger partial charge in [-0.1, -0.05) is 39.0 Å². The van der Waals surface area contributed by atoms with E-state index < -0.39 is 0 Å². The molecule has 0 bridgehead atoms. The molecule has 1 aromatic carbocycles. The van der Waals surface area contributed by atoms with Gasteiger partial charge in [0.2, 0.25) is 0 Å². The van der Waals surface area contributed by atoms with Crippen molar-refractivity contribution in [2.24, 2.45) is 0 Å². The van der Waals surface area contributed by atoms with Crippen molar-refractivity contribution in [3.63, 3.8) is 0 Å². The number of benzene rings is 1. The van der Waals surface area contributed by atoms with Crippen LogP contribution < -0.4 is 10.1 Å². The van der Waals surface area contributed by atoms with Crippen LogP contribution in [0.5, 0.6) is 11.8 Å². The van der Waals surface area contributed by atoms with Gasteiger partial charge < -0.3 is 10.1 Å². The predicted octanol–water partition coefficient (Wildman–Crippen LogP) is 3.89.